The molecular weight excluding hydrogens is 340 g/mol. The second-order valence-electron chi connectivity index (χ2n) is 7.26. The normalized spacial score (nSPS) is 19.9. The van der Waals surface area contributed by atoms with Crippen LogP contribution in [0.4, 0.5) is 4.79 Å². The Balaban J connectivity index is 1.98. The van der Waals surface area contributed by atoms with Gasteiger partial charge in [0, 0.05) is 45.1 Å². The van der Waals surface area contributed by atoms with Gasteiger partial charge in [0.05, 0.1) is 0 Å². The SMILES string of the molecule is COCCCc1c(C)cccc1C1CN(C(=O)O)CCC1c1cccnc1. The number of aromatic nitrogens is 1. The predicted octanol–water partition coefficient (Wildman–Crippen LogP) is 4.22. The van der Waals surface area contributed by atoms with Gasteiger partial charge in [-0.05, 0) is 60.4 Å². The molecule has 2 heterocycles. The third-order valence-electron chi connectivity index (χ3n) is 5.62. The number of methoxy groups -OCH3 is 1. The molecule has 27 heavy (non-hydrogen) atoms. The van der Waals surface area contributed by atoms with E-state index in [-0.39, 0.29) is 11.8 Å². The Labute approximate surface area is 161 Å². The standard InChI is InChI=1S/C22H28N2O3/c1-16-6-3-8-20(18(16)9-5-13-27-2)21-15-24(22(25)26)12-10-19(21)17-7-4-11-23-14-17/h3-4,6-8,11,14,19,21H,5,9-10,12-13,15H2,1-2H3,(H,25,26). The Hall–Kier alpha value is -2.40. The molecule has 1 aromatic carbocycles. The first-order chi connectivity index (χ1) is 13.1. The van der Waals surface area contributed by atoms with E-state index >= 15 is 0 Å². The lowest BCUT2D eigenvalue weighted by Gasteiger charge is -2.39. The van der Waals surface area contributed by atoms with Crippen molar-refractivity contribution in [1.29, 1.82) is 0 Å². The first kappa shape index (κ1) is 19.4. The molecule has 1 amide bonds. The van der Waals surface area contributed by atoms with Crippen LogP contribution < -0.4 is 0 Å². The molecule has 0 radical (unpaired) electrons. The first-order valence-electron chi connectivity index (χ1n) is 9.57. The van der Waals surface area contributed by atoms with Crippen molar-refractivity contribution in [3.8, 4) is 0 Å². The van der Waals surface area contributed by atoms with Crippen molar-refractivity contribution in [2.24, 2.45) is 0 Å². The lowest BCUT2D eigenvalue weighted by atomic mass is 9.75. The third-order valence-corrected chi connectivity index (χ3v) is 5.62. The molecule has 1 aliphatic heterocycles. The zero-order chi connectivity index (χ0) is 19.2. The molecule has 2 atom stereocenters. The number of hydrogen-bond acceptors (Lipinski definition) is 3. The summed E-state index contributed by atoms with van der Waals surface area (Å²) in [7, 11) is 1.73. The van der Waals surface area contributed by atoms with Crippen LogP contribution in [0.1, 0.15) is 46.9 Å². The number of carbonyl (C=O) groups is 1. The monoisotopic (exact) mass is 368 g/mol. The summed E-state index contributed by atoms with van der Waals surface area (Å²) in [5.41, 5.74) is 5.06. The number of ether oxygens (including phenoxy) is 1. The maximum absolute atomic E-state index is 11.6. The molecule has 1 fully saturated rings. The minimum atomic E-state index is -0.835. The summed E-state index contributed by atoms with van der Waals surface area (Å²) >= 11 is 0. The van der Waals surface area contributed by atoms with E-state index in [0.717, 1.165) is 25.9 Å². The summed E-state index contributed by atoms with van der Waals surface area (Å²) in [5, 5.41) is 9.55. The van der Waals surface area contributed by atoms with Crippen LogP contribution >= 0.6 is 0 Å². The van der Waals surface area contributed by atoms with Gasteiger partial charge in [0.25, 0.3) is 0 Å². The average molecular weight is 368 g/mol. The second-order valence-corrected chi connectivity index (χ2v) is 7.26. The third kappa shape index (κ3) is 4.48. The minimum absolute atomic E-state index is 0.136. The zero-order valence-corrected chi connectivity index (χ0v) is 16.1. The van der Waals surface area contributed by atoms with E-state index in [0.29, 0.717) is 13.1 Å². The maximum atomic E-state index is 11.6. The number of likely N-dealkylation sites (tertiary alicyclic amines) is 1. The molecular formula is C22H28N2O3. The number of carboxylic acid groups (broad SMARTS) is 1. The van der Waals surface area contributed by atoms with Crippen molar-refractivity contribution in [1.82, 2.24) is 9.88 Å². The topological polar surface area (TPSA) is 62.7 Å². The fourth-order valence-corrected chi connectivity index (χ4v) is 4.24. The van der Waals surface area contributed by atoms with E-state index < -0.39 is 6.09 Å². The van der Waals surface area contributed by atoms with Crippen LogP contribution in [0.15, 0.2) is 42.7 Å². The second kappa shape index (κ2) is 9.00. The molecule has 5 nitrogen and oxygen atoms in total. The average Bonchev–Trinajstić information content (AvgIpc) is 2.69. The van der Waals surface area contributed by atoms with E-state index in [1.54, 1.807) is 18.2 Å². The molecule has 2 unspecified atom stereocenters. The summed E-state index contributed by atoms with van der Waals surface area (Å²) in [6.45, 7) is 3.96. The summed E-state index contributed by atoms with van der Waals surface area (Å²) in [6.07, 6.45) is 5.59. The van der Waals surface area contributed by atoms with E-state index in [1.165, 1.54) is 22.3 Å². The van der Waals surface area contributed by atoms with E-state index in [4.69, 9.17) is 4.74 Å². The van der Waals surface area contributed by atoms with Gasteiger partial charge in [-0.15, -0.1) is 0 Å². The maximum Gasteiger partial charge on any atom is 0.407 e. The number of aryl methyl sites for hydroxylation is 1. The van der Waals surface area contributed by atoms with Crippen LogP contribution in [0.25, 0.3) is 0 Å². The molecule has 144 valence electrons. The highest BCUT2D eigenvalue weighted by Gasteiger charge is 2.34. The van der Waals surface area contributed by atoms with Crippen molar-refractivity contribution in [3.63, 3.8) is 0 Å². The van der Waals surface area contributed by atoms with E-state index in [9.17, 15) is 9.90 Å². The Kier molecular flexibility index (Phi) is 6.45. The van der Waals surface area contributed by atoms with Gasteiger partial charge in [-0.2, -0.15) is 0 Å². The van der Waals surface area contributed by atoms with Crippen molar-refractivity contribution in [3.05, 3.63) is 65.0 Å². The zero-order valence-electron chi connectivity index (χ0n) is 16.1. The summed E-state index contributed by atoms with van der Waals surface area (Å²) in [6, 6.07) is 10.5. The molecule has 0 saturated carbocycles. The van der Waals surface area contributed by atoms with Gasteiger partial charge in [-0.25, -0.2) is 4.79 Å². The Morgan fingerprint density at radius 3 is 2.85 bits per heavy atom. The Bertz CT molecular complexity index is 763. The van der Waals surface area contributed by atoms with Gasteiger partial charge >= 0.3 is 6.09 Å². The predicted molar refractivity (Wildman–Crippen MR) is 105 cm³/mol. The quantitative estimate of drug-likeness (QED) is 0.776. The fraction of sp³-hybridized carbons (Fsp3) is 0.455. The fourth-order valence-electron chi connectivity index (χ4n) is 4.24. The van der Waals surface area contributed by atoms with Gasteiger partial charge in [0.1, 0.15) is 0 Å². The number of benzene rings is 1. The number of piperidine rings is 1. The van der Waals surface area contributed by atoms with Crippen molar-refractivity contribution in [2.75, 3.05) is 26.8 Å². The molecule has 0 aliphatic carbocycles. The van der Waals surface area contributed by atoms with Crippen molar-refractivity contribution < 1.29 is 14.6 Å². The molecule has 1 N–H and O–H groups in total. The minimum Gasteiger partial charge on any atom is -0.465 e. The Morgan fingerprint density at radius 1 is 1.30 bits per heavy atom. The largest absolute Gasteiger partial charge is 0.465 e. The summed E-state index contributed by atoms with van der Waals surface area (Å²) in [4.78, 5) is 17.5. The number of hydrogen-bond donors (Lipinski definition) is 1. The first-order valence-corrected chi connectivity index (χ1v) is 9.57. The summed E-state index contributed by atoms with van der Waals surface area (Å²) < 4.78 is 5.23. The van der Waals surface area contributed by atoms with Crippen LogP contribution in [0.5, 0.6) is 0 Å². The lowest BCUT2D eigenvalue weighted by Crippen LogP contribution is -2.41. The van der Waals surface area contributed by atoms with E-state index in [1.807, 2.05) is 12.3 Å². The van der Waals surface area contributed by atoms with Crippen LogP contribution in [0, 0.1) is 6.92 Å². The van der Waals surface area contributed by atoms with Crippen LogP contribution in [-0.4, -0.2) is 47.9 Å². The van der Waals surface area contributed by atoms with Crippen molar-refractivity contribution in [2.45, 2.75) is 38.0 Å². The molecule has 0 bridgehead atoms. The Morgan fingerprint density at radius 2 is 2.15 bits per heavy atom. The highest BCUT2D eigenvalue weighted by Crippen LogP contribution is 2.41. The van der Waals surface area contributed by atoms with Gasteiger partial charge in [0.15, 0.2) is 0 Å². The van der Waals surface area contributed by atoms with Crippen LogP contribution in [0.3, 0.4) is 0 Å². The molecule has 1 aliphatic rings. The van der Waals surface area contributed by atoms with Crippen molar-refractivity contribution >= 4 is 6.09 Å². The molecule has 1 saturated heterocycles. The highest BCUT2D eigenvalue weighted by atomic mass is 16.5. The van der Waals surface area contributed by atoms with Crippen LogP contribution in [-0.2, 0) is 11.2 Å². The number of pyridine rings is 1. The molecule has 3 rings (SSSR count). The number of amides is 1. The van der Waals surface area contributed by atoms with E-state index in [2.05, 4.69) is 36.2 Å². The lowest BCUT2D eigenvalue weighted by molar-refractivity contribution is 0.125. The van der Waals surface area contributed by atoms with Crippen LogP contribution in [0.2, 0.25) is 0 Å². The molecule has 2 aromatic rings. The summed E-state index contributed by atoms with van der Waals surface area (Å²) in [5.74, 6) is 0.411. The number of rotatable bonds is 6. The van der Waals surface area contributed by atoms with Gasteiger partial charge in [0.2, 0.25) is 0 Å². The van der Waals surface area contributed by atoms with Gasteiger partial charge in [-0.1, -0.05) is 24.3 Å². The highest BCUT2D eigenvalue weighted by molar-refractivity contribution is 5.65. The number of nitrogens with zero attached hydrogens (tertiary/aromatic N) is 2. The van der Waals surface area contributed by atoms with Gasteiger partial charge in [-0.3, -0.25) is 4.98 Å². The van der Waals surface area contributed by atoms with Gasteiger partial charge < -0.3 is 14.7 Å². The molecule has 0 spiro atoms. The smallest absolute Gasteiger partial charge is 0.407 e. The molecule has 5 heteroatoms. The molecule has 1 aromatic heterocycles.